The first-order valence-corrected chi connectivity index (χ1v) is 6.86. The van der Waals surface area contributed by atoms with Gasteiger partial charge in [-0.25, -0.2) is 0 Å². The molecule has 17 heavy (non-hydrogen) atoms. The summed E-state index contributed by atoms with van der Waals surface area (Å²) < 4.78 is 5.47. The first-order valence-electron chi connectivity index (χ1n) is 6.86. The molecule has 0 aromatic heterocycles. The van der Waals surface area contributed by atoms with Gasteiger partial charge in [-0.2, -0.15) is 0 Å². The molecule has 2 rings (SSSR count). The highest BCUT2D eigenvalue weighted by molar-refractivity contribution is 4.88. The molecule has 2 heterocycles. The third-order valence-corrected chi connectivity index (χ3v) is 4.59. The minimum atomic E-state index is 0.313. The van der Waals surface area contributed by atoms with Crippen LogP contribution >= 0.6 is 0 Å². The van der Waals surface area contributed by atoms with Gasteiger partial charge in [-0.1, -0.05) is 0 Å². The SMILES string of the molecule is CC1CN(CC2(CN)CCOCC2)CCN1C. The van der Waals surface area contributed by atoms with E-state index >= 15 is 0 Å². The normalized spacial score (nSPS) is 31.6. The second-order valence-electron chi connectivity index (χ2n) is 5.88. The van der Waals surface area contributed by atoms with E-state index in [0.717, 1.165) is 39.1 Å². The zero-order valence-corrected chi connectivity index (χ0v) is 11.3. The van der Waals surface area contributed by atoms with Crippen molar-refractivity contribution in [3.8, 4) is 0 Å². The fourth-order valence-electron chi connectivity index (χ4n) is 2.97. The summed E-state index contributed by atoms with van der Waals surface area (Å²) in [5, 5.41) is 0. The number of likely N-dealkylation sites (N-methyl/N-ethyl adjacent to an activating group) is 1. The van der Waals surface area contributed by atoms with E-state index in [1.807, 2.05) is 0 Å². The van der Waals surface area contributed by atoms with Gasteiger partial charge in [0.25, 0.3) is 0 Å². The van der Waals surface area contributed by atoms with E-state index in [4.69, 9.17) is 10.5 Å². The highest BCUT2D eigenvalue weighted by Gasteiger charge is 2.34. The van der Waals surface area contributed by atoms with Gasteiger partial charge < -0.3 is 15.4 Å². The molecule has 0 spiro atoms. The minimum Gasteiger partial charge on any atom is -0.381 e. The molecule has 0 saturated carbocycles. The van der Waals surface area contributed by atoms with Crippen LogP contribution in [-0.2, 0) is 4.74 Å². The quantitative estimate of drug-likeness (QED) is 0.775. The van der Waals surface area contributed by atoms with Gasteiger partial charge in [0.1, 0.15) is 0 Å². The zero-order chi connectivity index (χ0) is 12.3. The molecule has 2 N–H and O–H groups in total. The Hall–Kier alpha value is -0.160. The van der Waals surface area contributed by atoms with Crippen LogP contribution in [0.15, 0.2) is 0 Å². The summed E-state index contributed by atoms with van der Waals surface area (Å²) in [7, 11) is 2.22. The number of ether oxygens (including phenoxy) is 1. The van der Waals surface area contributed by atoms with Crippen molar-refractivity contribution in [2.45, 2.75) is 25.8 Å². The predicted molar refractivity (Wildman–Crippen MR) is 70.1 cm³/mol. The standard InChI is InChI=1S/C13H27N3O/c1-12-9-16(6-5-15(12)2)11-13(10-14)3-7-17-8-4-13/h12H,3-11,14H2,1-2H3. The van der Waals surface area contributed by atoms with E-state index in [-0.39, 0.29) is 0 Å². The highest BCUT2D eigenvalue weighted by atomic mass is 16.5. The van der Waals surface area contributed by atoms with Gasteiger partial charge in [0.05, 0.1) is 0 Å². The Kier molecular flexibility index (Phi) is 4.42. The van der Waals surface area contributed by atoms with Gasteiger partial charge in [0.15, 0.2) is 0 Å². The van der Waals surface area contributed by atoms with E-state index < -0.39 is 0 Å². The van der Waals surface area contributed by atoms with Gasteiger partial charge in [-0.05, 0) is 38.8 Å². The third kappa shape index (κ3) is 3.19. The third-order valence-electron chi connectivity index (χ3n) is 4.59. The number of hydrogen-bond acceptors (Lipinski definition) is 4. The molecule has 2 aliphatic heterocycles. The molecule has 4 heteroatoms. The van der Waals surface area contributed by atoms with Crippen LogP contribution < -0.4 is 5.73 Å². The molecular weight excluding hydrogens is 214 g/mol. The summed E-state index contributed by atoms with van der Waals surface area (Å²) in [5.74, 6) is 0. The monoisotopic (exact) mass is 241 g/mol. The fourth-order valence-corrected chi connectivity index (χ4v) is 2.97. The van der Waals surface area contributed by atoms with Crippen LogP contribution in [0.25, 0.3) is 0 Å². The lowest BCUT2D eigenvalue weighted by atomic mass is 9.79. The maximum absolute atomic E-state index is 6.02. The van der Waals surface area contributed by atoms with E-state index in [9.17, 15) is 0 Å². The Bertz CT molecular complexity index is 241. The molecule has 2 aliphatic rings. The Morgan fingerprint density at radius 1 is 1.29 bits per heavy atom. The van der Waals surface area contributed by atoms with Gasteiger partial charge in [0.2, 0.25) is 0 Å². The number of nitrogens with zero attached hydrogens (tertiary/aromatic N) is 2. The topological polar surface area (TPSA) is 41.7 Å². The van der Waals surface area contributed by atoms with Crippen molar-refractivity contribution in [1.82, 2.24) is 9.80 Å². The Labute approximate surface area is 105 Å². The van der Waals surface area contributed by atoms with Crippen LogP contribution in [0.2, 0.25) is 0 Å². The van der Waals surface area contributed by atoms with Crippen LogP contribution in [-0.4, -0.2) is 68.8 Å². The van der Waals surface area contributed by atoms with Crippen LogP contribution in [0.4, 0.5) is 0 Å². The van der Waals surface area contributed by atoms with E-state index in [1.54, 1.807) is 0 Å². The number of piperazine rings is 1. The average Bonchev–Trinajstić information content (AvgIpc) is 2.35. The first kappa shape index (κ1) is 13.3. The molecule has 2 fully saturated rings. The van der Waals surface area contributed by atoms with Crippen molar-refractivity contribution >= 4 is 0 Å². The van der Waals surface area contributed by atoms with Gasteiger partial charge in [-0.15, -0.1) is 0 Å². The second kappa shape index (κ2) is 5.65. The van der Waals surface area contributed by atoms with Crippen molar-refractivity contribution in [2.24, 2.45) is 11.1 Å². The molecule has 0 bridgehead atoms. The molecule has 100 valence electrons. The van der Waals surface area contributed by atoms with Crippen molar-refractivity contribution < 1.29 is 4.74 Å². The summed E-state index contributed by atoms with van der Waals surface area (Å²) in [6.45, 7) is 9.59. The molecule has 4 nitrogen and oxygen atoms in total. The predicted octanol–water partition coefficient (Wildman–Crippen LogP) is 0.378. The molecule has 0 aliphatic carbocycles. The van der Waals surface area contributed by atoms with Crippen LogP contribution in [0.1, 0.15) is 19.8 Å². The first-order chi connectivity index (χ1) is 8.15. The Morgan fingerprint density at radius 2 is 2.00 bits per heavy atom. The molecule has 2 saturated heterocycles. The summed E-state index contributed by atoms with van der Waals surface area (Å²) >= 11 is 0. The maximum Gasteiger partial charge on any atom is 0.0472 e. The lowest BCUT2D eigenvalue weighted by Gasteiger charge is -2.44. The van der Waals surface area contributed by atoms with Crippen LogP contribution in [0.3, 0.4) is 0 Å². The van der Waals surface area contributed by atoms with Gasteiger partial charge in [0, 0.05) is 45.4 Å². The van der Waals surface area contributed by atoms with Crippen molar-refractivity contribution in [2.75, 3.05) is 53.0 Å². The molecule has 0 aromatic carbocycles. The maximum atomic E-state index is 6.02. The van der Waals surface area contributed by atoms with Crippen molar-refractivity contribution in [3.63, 3.8) is 0 Å². The summed E-state index contributed by atoms with van der Waals surface area (Å²) in [6.07, 6.45) is 2.26. The van der Waals surface area contributed by atoms with E-state index in [1.165, 1.54) is 19.6 Å². The second-order valence-corrected chi connectivity index (χ2v) is 5.88. The van der Waals surface area contributed by atoms with E-state index in [2.05, 4.69) is 23.8 Å². The van der Waals surface area contributed by atoms with Crippen LogP contribution in [0.5, 0.6) is 0 Å². The molecule has 0 aromatic rings. The fraction of sp³-hybridized carbons (Fsp3) is 1.00. The molecule has 0 radical (unpaired) electrons. The lowest BCUT2D eigenvalue weighted by Crippen LogP contribution is -2.54. The van der Waals surface area contributed by atoms with Crippen molar-refractivity contribution in [1.29, 1.82) is 0 Å². The number of hydrogen-bond donors (Lipinski definition) is 1. The summed E-state index contributed by atoms with van der Waals surface area (Å²) in [4.78, 5) is 5.04. The Balaban J connectivity index is 1.90. The minimum absolute atomic E-state index is 0.313. The van der Waals surface area contributed by atoms with Crippen molar-refractivity contribution in [3.05, 3.63) is 0 Å². The largest absolute Gasteiger partial charge is 0.381 e. The van der Waals surface area contributed by atoms with Gasteiger partial charge in [-0.3, -0.25) is 4.90 Å². The average molecular weight is 241 g/mol. The Morgan fingerprint density at radius 3 is 2.59 bits per heavy atom. The van der Waals surface area contributed by atoms with Gasteiger partial charge >= 0.3 is 0 Å². The smallest absolute Gasteiger partial charge is 0.0472 e. The molecule has 1 unspecified atom stereocenters. The number of rotatable bonds is 3. The lowest BCUT2D eigenvalue weighted by molar-refractivity contribution is -0.0126. The molecule has 0 amide bonds. The zero-order valence-electron chi connectivity index (χ0n) is 11.3. The highest BCUT2D eigenvalue weighted by Crippen LogP contribution is 2.30. The van der Waals surface area contributed by atoms with E-state index in [0.29, 0.717) is 11.5 Å². The molecule has 1 atom stereocenters. The molecular formula is C13H27N3O. The summed E-state index contributed by atoms with van der Waals surface area (Å²) in [6, 6.07) is 0.665. The van der Waals surface area contributed by atoms with Crippen LogP contribution in [0, 0.1) is 5.41 Å². The number of nitrogens with two attached hydrogens (primary N) is 1. The summed E-state index contributed by atoms with van der Waals surface area (Å²) in [5.41, 5.74) is 6.34.